The van der Waals surface area contributed by atoms with E-state index in [9.17, 15) is 0 Å². The Morgan fingerprint density at radius 2 is 2.36 bits per heavy atom. The molecule has 0 saturated heterocycles. The summed E-state index contributed by atoms with van der Waals surface area (Å²) in [5, 5.41) is 0. The predicted octanol–water partition coefficient (Wildman–Crippen LogP) is 3.70. The molecule has 1 rings (SSSR count). The normalized spacial score (nSPS) is 23.5. The van der Waals surface area contributed by atoms with Gasteiger partial charge in [0.1, 0.15) is 0 Å². The highest BCUT2D eigenvalue weighted by molar-refractivity contribution is 5.23. The predicted molar refractivity (Wildman–Crippen MR) is 50.5 cm³/mol. The lowest BCUT2D eigenvalue weighted by atomic mass is 9.95. The molecule has 0 aromatic heterocycles. The maximum Gasteiger partial charge on any atom is -0.0221 e. The van der Waals surface area contributed by atoms with Gasteiger partial charge in [0.05, 0.1) is 0 Å². The zero-order valence-corrected chi connectivity index (χ0v) is 7.64. The molecule has 0 aromatic carbocycles. The van der Waals surface area contributed by atoms with Crippen molar-refractivity contribution in [2.45, 2.75) is 39.5 Å². The first-order valence-corrected chi connectivity index (χ1v) is 4.70. The van der Waals surface area contributed by atoms with Gasteiger partial charge in [0, 0.05) is 0 Å². The Kier molecular flexibility index (Phi) is 3.41. The molecule has 1 aliphatic carbocycles. The largest absolute Gasteiger partial charge is 0.0837 e. The number of unbranched alkanes of at least 4 members (excludes halogenated alkanes) is 1. The maximum absolute atomic E-state index is 2.41. The van der Waals surface area contributed by atoms with Gasteiger partial charge in [-0.1, -0.05) is 44.1 Å². The molecule has 0 saturated carbocycles. The number of allylic oxidation sites excluding steroid dienone is 4. The third-order valence-electron chi connectivity index (χ3n) is 2.16. The average Bonchev–Trinajstić information content (AvgIpc) is 2.01. The summed E-state index contributed by atoms with van der Waals surface area (Å²) in [5.74, 6) is 0.770. The highest BCUT2D eigenvalue weighted by Crippen LogP contribution is 2.19. The first-order valence-electron chi connectivity index (χ1n) is 4.70. The Morgan fingerprint density at radius 1 is 1.55 bits per heavy atom. The third-order valence-corrected chi connectivity index (χ3v) is 2.16. The van der Waals surface area contributed by atoms with Crippen molar-refractivity contribution in [2.24, 2.45) is 5.92 Å². The van der Waals surface area contributed by atoms with Crippen molar-refractivity contribution in [3.8, 4) is 0 Å². The van der Waals surface area contributed by atoms with E-state index in [-0.39, 0.29) is 0 Å². The van der Waals surface area contributed by atoms with E-state index in [1.165, 1.54) is 25.7 Å². The van der Waals surface area contributed by atoms with Crippen molar-refractivity contribution in [1.82, 2.24) is 0 Å². The molecular formula is C11H18. The quantitative estimate of drug-likeness (QED) is 0.575. The van der Waals surface area contributed by atoms with Crippen molar-refractivity contribution in [2.75, 3.05) is 0 Å². The molecule has 62 valence electrons. The van der Waals surface area contributed by atoms with E-state index < -0.39 is 0 Å². The molecule has 1 aliphatic rings. The van der Waals surface area contributed by atoms with E-state index in [1.807, 2.05) is 0 Å². The van der Waals surface area contributed by atoms with Gasteiger partial charge in [-0.25, -0.2) is 0 Å². The lowest BCUT2D eigenvalue weighted by Crippen LogP contribution is -1.94. The van der Waals surface area contributed by atoms with Crippen molar-refractivity contribution >= 4 is 0 Å². The summed E-state index contributed by atoms with van der Waals surface area (Å²) in [4.78, 5) is 0. The molecule has 0 heteroatoms. The number of rotatable bonds is 3. The molecule has 0 bridgehead atoms. The molecule has 0 aromatic rings. The van der Waals surface area contributed by atoms with Crippen LogP contribution in [0.25, 0.3) is 0 Å². The van der Waals surface area contributed by atoms with Crippen molar-refractivity contribution < 1.29 is 0 Å². The van der Waals surface area contributed by atoms with Crippen molar-refractivity contribution in [1.29, 1.82) is 0 Å². The minimum absolute atomic E-state index is 0.770. The number of hydrogen-bond acceptors (Lipinski definition) is 0. The van der Waals surface area contributed by atoms with Gasteiger partial charge in [-0.2, -0.15) is 0 Å². The Bertz CT molecular complexity index is 163. The molecule has 1 atom stereocenters. The molecule has 0 aliphatic heterocycles. The summed E-state index contributed by atoms with van der Waals surface area (Å²) in [6.45, 7) is 4.53. The van der Waals surface area contributed by atoms with Gasteiger partial charge in [0.25, 0.3) is 0 Å². The van der Waals surface area contributed by atoms with Gasteiger partial charge in [-0.15, -0.1) is 0 Å². The van der Waals surface area contributed by atoms with Gasteiger partial charge in [0.2, 0.25) is 0 Å². The molecule has 0 amide bonds. The monoisotopic (exact) mass is 150 g/mol. The van der Waals surface area contributed by atoms with Crippen molar-refractivity contribution in [3.05, 3.63) is 23.8 Å². The summed E-state index contributed by atoms with van der Waals surface area (Å²) in [6, 6.07) is 0. The Hall–Kier alpha value is -0.520. The summed E-state index contributed by atoms with van der Waals surface area (Å²) < 4.78 is 0. The Labute approximate surface area is 70.0 Å². The second kappa shape index (κ2) is 4.38. The van der Waals surface area contributed by atoms with Gasteiger partial charge >= 0.3 is 0 Å². The fourth-order valence-electron chi connectivity index (χ4n) is 1.47. The highest BCUT2D eigenvalue weighted by atomic mass is 14.1. The molecule has 0 nitrogen and oxygen atoms in total. The fraction of sp³-hybridized carbons (Fsp3) is 0.636. The van der Waals surface area contributed by atoms with Gasteiger partial charge in [-0.3, -0.25) is 0 Å². The smallest absolute Gasteiger partial charge is 0.0221 e. The third kappa shape index (κ3) is 2.92. The van der Waals surface area contributed by atoms with E-state index in [1.54, 1.807) is 5.57 Å². The first-order chi connectivity index (χ1) is 5.33. The van der Waals surface area contributed by atoms with E-state index >= 15 is 0 Å². The minimum Gasteiger partial charge on any atom is -0.0837 e. The second-order valence-electron chi connectivity index (χ2n) is 3.46. The van der Waals surface area contributed by atoms with Crippen molar-refractivity contribution in [3.63, 3.8) is 0 Å². The molecule has 0 N–H and O–H groups in total. The van der Waals surface area contributed by atoms with E-state index in [4.69, 9.17) is 0 Å². The maximum atomic E-state index is 2.41. The van der Waals surface area contributed by atoms with Crippen LogP contribution in [0.2, 0.25) is 0 Å². The van der Waals surface area contributed by atoms with Crippen LogP contribution in [-0.2, 0) is 0 Å². The molecule has 0 spiro atoms. The fourth-order valence-corrected chi connectivity index (χ4v) is 1.47. The van der Waals surface area contributed by atoms with Gasteiger partial charge < -0.3 is 0 Å². The number of hydrogen-bond donors (Lipinski definition) is 0. The SMILES string of the molecule is CCCCC1=CC(C)CC=C1. The van der Waals surface area contributed by atoms with E-state index in [0.29, 0.717) is 0 Å². The molecule has 0 heterocycles. The van der Waals surface area contributed by atoms with Crippen LogP contribution in [0.5, 0.6) is 0 Å². The minimum atomic E-state index is 0.770. The van der Waals surface area contributed by atoms with Crippen LogP contribution in [0.3, 0.4) is 0 Å². The topological polar surface area (TPSA) is 0 Å². The summed E-state index contributed by atoms with van der Waals surface area (Å²) >= 11 is 0. The van der Waals surface area contributed by atoms with E-state index in [2.05, 4.69) is 32.1 Å². The van der Waals surface area contributed by atoms with Crippen LogP contribution < -0.4 is 0 Å². The lowest BCUT2D eigenvalue weighted by molar-refractivity contribution is 0.708. The second-order valence-corrected chi connectivity index (χ2v) is 3.46. The Morgan fingerprint density at radius 3 is 3.00 bits per heavy atom. The summed E-state index contributed by atoms with van der Waals surface area (Å²) in [6.07, 6.45) is 12.1. The molecule has 0 radical (unpaired) electrons. The van der Waals surface area contributed by atoms with Crippen LogP contribution in [0.4, 0.5) is 0 Å². The molecular weight excluding hydrogens is 132 g/mol. The van der Waals surface area contributed by atoms with Crippen LogP contribution in [0, 0.1) is 5.92 Å². The van der Waals surface area contributed by atoms with Crippen LogP contribution in [0.1, 0.15) is 39.5 Å². The molecule has 1 unspecified atom stereocenters. The zero-order chi connectivity index (χ0) is 8.10. The first kappa shape index (κ1) is 8.58. The zero-order valence-electron chi connectivity index (χ0n) is 7.64. The lowest BCUT2D eigenvalue weighted by Gasteiger charge is -2.11. The summed E-state index contributed by atoms with van der Waals surface area (Å²) in [5.41, 5.74) is 1.55. The molecule has 11 heavy (non-hydrogen) atoms. The van der Waals surface area contributed by atoms with Gasteiger partial charge in [0.15, 0.2) is 0 Å². The summed E-state index contributed by atoms with van der Waals surface area (Å²) in [7, 11) is 0. The average molecular weight is 150 g/mol. The van der Waals surface area contributed by atoms with Crippen LogP contribution >= 0.6 is 0 Å². The molecule has 0 fully saturated rings. The van der Waals surface area contributed by atoms with Gasteiger partial charge in [-0.05, 0) is 25.2 Å². The standard InChI is InChI=1S/C11H18/c1-3-4-7-11-8-5-6-10(2)9-11/h5,8-10H,3-4,6-7H2,1-2H3. The van der Waals surface area contributed by atoms with Crippen LogP contribution in [0.15, 0.2) is 23.8 Å². The van der Waals surface area contributed by atoms with E-state index in [0.717, 1.165) is 5.92 Å². The highest BCUT2D eigenvalue weighted by Gasteiger charge is 2.02. The van der Waals surface area contributed by atoms with Crippen LogP contribution in [-0.4, -0.2) is 0 Å². The Balaban J connectivity index is 2.37.